The molecule has 3 aromatic carbocycles. The summed E-state index contributed by atoms with van der Waals surface area (Å²) in [4.78, 5) is 0. The topological polar surface area (TPSA) is 74.1 Å². The fourth-order valence-electron chi connectivity index (χ4n) is 3.46. The Kier molecular flexibility index (Phi) is 10.0. The van der Waals surface area contributed by atoms with Crippen LogP contribution in [-0.4, -0.2) is 39.1 Å². The smallest absolute Gasteiger partial charge is 0.214 e. The predicted molar refractivity (Wildman–Crippen MR) is 147 cm³/mol. The minimum atomic E-state index is 0.429. The number of tetrazole rings is 1. The van der Waals surface area contributed by atoms with Crippen LogP contribution in [0.1, 0.15) is 24.5 Å². The fourth-order valence-corrected chi connectivity index (χ4v) is 5.02. The highest BCUT2D eigenvalue weighted by Gasteiger charge is 2.13. The summed E-state index contributed by atoms with van der Waals surface area (Å²) < 4.78 is 14.6. The number of halogens is 2. The van der Waals surface area contributed by atoms with E-state index >= 15 is 0 Å². The van der Waals surface area contributed by atoms with Gasteiger partial charge in [0.1, 0.15) is 6.61 Å². The highest BCUT2D eigenvalue weighted by molar-refractivity contribution is 9.10. The predicted octanol–water partition coefficient (Wildman–Crippen LogP) is 6.33. The van der Waals surface area contributed by atoms with E-state index in [4.69, 9.17) is 21.1 Å². The zero-order valence-electron chi connectivity index (χ0n) is 19.9. The van der Waals surface area contributed by atoms with Crippen LogP contribution < -0.4 is 14.8 Å². The van der Waals surface area contributed by atoms with E-state index < -0.39 is 0 Å². The van der Waals surface area contributed by atoms with E-state index in [0.29, 0.717) is 24.0 Å². The number of hydrogen-bond acceptors (Lipinski definition) is 7. The summed E-state index contributed by atoms with van der Waals surface area (Å²) in [5.41, 5.74) is 3.11. The van der Waals surface area contributed by atoms with Crippen molar-refractivity contribution in [3.63, 3.8) is 0 Å². The molecule has 10 heteroatoms. The van der Waals surface area contributed by atoms with E-state index in [1.807, 2.05) is 67.6 Å². The number of rotatable bonds is 13. The van der Waals surface area contributed by atoms with E-state index in [2.05, 4.69) is 42.8 Å². The molecule has 1 N–H and O–H groups in total. The second-order valence-corrected chi connectivity index (χ2v) is 10.2. The lowest BCUT2D eigenvalue weighted by atomic mass is 10.2. The lowest BCUT2D eigenvalue weighted by Gasteiger charge is -2.16. The standard InChI is InChI=1S/C26H27BrClN5O2S/c1-2-34-24-16-20(15-23(27)25(24)35-18-19-9-11-21(28)12-10-19)17-29-13-6-14-36-26-30-31-32-33(26)22-7-4-3-5-8-22/h3-5,7-12,15-16,29H,2,6,13-14,17-18H2,1H3. The molecule has 0 saturated carbocycles. The van der Waals surface area contributed by atoms with Gasteiger partial charge in [0.15, 0.2) is 11.5 Å². The molecular formula is C26H27BrClN5O2S. The van der Waals surface area contributed by atoms with Crippen molar-refractivity contribution in [2.24, 2.45) is 0 Å². The maximum atomic E-state index is 6.08. The summed E-state index contributed by atoms with van der Waals surface area (Å²) in [5, 5.41) is 17.1. The first kappa shape index (κ1) is 26.5. The van der Waals surface area contributed by atoms with E-state index in [1.54, 1.807) is 16.4 Å². The molecule has 0 aliphatic carbocycles. The first-order valence-corrected chi connectivity index (χ1v) is 13.8. The highest BCUT2D eigenvalue weighted by atomic mass is 79.9. The van der Waals surface area contributed by atoms with Crippen molar-refractivity contribution in [2.45, 2.75) is 31.7 Å². The average Bonchev–Trinajstić information content (AvgIpc) is 3.36. The van der Waals surface area contributed by atoms with Crippen LogP contribution >= 0.6 is 39.3 Å². The minimum absolute atomic E-state index is 0.429. The number of thioether (sulfide) groups is 1. The van der Waals surface area contributed by atoms with Crippen molar-refractivity contribution in [1.29, 1.82) is 0 Å². The van der Waals surface area contributed by atoms with Crippen molar-refractivity contribution in [1.82, 2.24) is 25.5 Å². The maximum Gasteiger partial charge on any atom is 0.214 e. The third kappa shape index (κ3) is 7.46. The van der Waals surface area contributed by atoms with Gasteiger partial charge in [0.2, 0.25) is 5.16 Å². The molecule has 0 aliphatic heterocycles. The van der Waals surface area contributed by atoms with Crippen molar-refractivity contribution in [2.75, 3.05) is 18.9 Å². The lowest BCUT2D eigenvalue weighted by Crippen LogP contribution is -2.15. The minimum Gasteiger partial charge on any atom is -0.490 e. The summed E-state index contributed by atoms with van der Waals surface area (Å²) >= 11 is 11.3. The molecule has 4 rings (SSSR count). The second kappa shape index (κ2) is 13.6. The first-order valence-electron chi connectivity index (χ1n) is 11.6. The third-order valence-electron chi connectivity index (χ3n) is 5.17. The average molecular weight is 589 g/mol. The van der Waals surface area contributed by atoms with Gasteiger partial charge in [0.05, 0.1) is 16.8 Å². The number of benzene rings is 3. The summed E-state index contributed by atoms with van der Waals surface area (Å²) in [5.74, 6) is 2.33. The molecule has 7 nitrogen and oxygen atoms in total. The Labute approximate surface area is 228 Å². The molecular weight excluding hydrogens is 562 g/mol. The lowest BCUT2D eigenvalue weighted by molar-refractivity contribution is 0.267. The normalized spacial score (nSPS) is 11.0. The molecule has 0 bridgehead atoms. The summed E-state index contributed by atoms with van der Waals surface area (Å²) in [6.07, 6.45) is 0.980. The quantitative estimate of drug-likeness (QED) is 0.145. The number of hydrogen-bond donors (Lipinski definition) is 1. The second-order valence-electron chi connectivity index (χ2n) is 7.84. The van der Waals surface area contributed by atoms with Gasteiger partial charge in [-0.05, 0) is 93.8 Å². The van der Waals surface area contributed by atoms with Gasteiger partial charge in [-0.3, -0.25) is 0 Å². The van der Waals surface area contributed by atoms with Crippen LogP contribution in [-0.2, 0) is 13.2 Å². The molecule has 1 aromatic heterocycles. The number of nitrogens with zero attached hydrogens (tertiary/aromatic N) is 4. The maximum absolute atomic E-state index is 6.08. The van der Waals surface area contributed by atoms with Crippen LogP contribution in [0, 0.1) is 0 Å². The van der Waals surface area contributed by atoms with Crippen molar-refractivity contribution in [3.8, 4) is 17.2 Å². The van der Waals surface area contributed by atoms with E-state index in [9.17, 15) is 0 Å². The van der Waals surface area contributed by atoms with Gasteiger partial charge in [-0.15, -0.1) is 5.10 Å². The van der Waals surface area contributed by atoms with E-state index in [1.165, 1.54) is 0 Å². The Morgan fingerprint density at radius 1 is 1.03 bits per heavy atom. The number of nitrogens with one attached hydrogen (secondary N) is 1. The molecule has 0 saturated heterocycles. The summed E-state index contributed by atoms with van der Waals surface area (Å²) in [7, 11) is 0. The molecule has 188 valence electrons. The molecule has 0 atom stereocenters. The fraction of sp³-hybridized carbons (Fsp3) is 0.269. The van der Waals surface area contributed by atoms with Gasteiger partial charge in [0.25, 0.3) is 0 Å². The summed E-state index contributed by atoms with van der Waals surface area (Å²) in [6.45, 7) is 4.55. The van der Waals surface area contributed by atoms with Gasteiger partial charge in [0, 0.05) is 17.3 Å². The van der Waals surface area contributed by atoms with Crippen molar-refractivity contribution in [3.05, 3.63) is 87.4 Å². The van der Waals surface area contributed by atoms with Crippen molar-refractivity contribution >= 4 is 39.3 Å². The molecule has 0 fully saturated rings. The Bertz CT molecular complexity index is 1240. The molecule has 1 heterocycles. The van der Waals surface area contributed by atoms with Gasteiger partial charge in [-0.1, -0.05) is 53.7 Å². The largest absolute Gasteiger partial charge is 0.490 e. The first-order chi connectivity index (χ1) is 17.6. The van der Waals surface area contributed by atoms with Crippen molar-refractivity contribution < 1.29 is 9.47 Å². The van der Waals surface area contributed by atoms with Crippen LogP contribution in [0.15, 0.2) is 76.4 Å². The van der Waals surface area contributed by atoms with E-state index in [0.717, 1.165) is 57.5 Å². The molecule has 0 amide bonds. The Morgan fingerprint density at radius 3 is 2.61 bits per heavy atom. The Morgan fingerprint density at radius 2 is 1.83 bits per heavy atom. The van der Waals surface area contributed by atoms with Gasteiger partial charge in [-0.2, -0.15) is 4.68 Å². The van der Waals surface area contributed by atoms with Gasteiger partial charge in [-0.25, -0.2) is 0 Å². The van der Waals surface area contributed by atoms with Crippen LogP contribution in [0.2, 0.25) is 5.02 Å². The zero-order valence-corrected chi connectivity index (χ0v) is 23.0. The van der Waals surface area contributed by atoms with Gasteiger partial charge < -0.3 is 14.8 Å². The molecule has 0 radical (unpaired) electrons. The Hall–Kier alpha value is -2.59. The SMILES string of the molecule is CCOc1cc(CNCCCSc2nnnn2-c2ccccc2)cc(Br)c1OCc1ccc(Cl)cc1. The third-order valence-corrected chi connectivity index (χ3v) is 7.01. The monoisotopic (exact) mass is 587 g/mol. The van der Waals surface area contributed by atoms with Crippen LogP contribution in [0.4, 0.5) is 0 Å². The molecule has 0 spiro atoms. The number of ether oxygens (including phenoxy) is 2. The summed E-state index contributed by atoms with van der Waals surface area (Å²) in [6, 6.07) is 21.6. The molecule has 0 aliphatic rings. The molecule has 0 unspecified atom stereocenters. The van der Waals surface area contributed by atoms with E-state index in [-0.39, 0.29) is 0 Å². The number of para-hydroxylation sites is 1. The Balaban J connectivity index is 1.26. The van der Waals surface area contributed by atoms with Crippen LogP contribution in [0.25, 0.3) is 5.69 Å². The van der Waals surface area contributed by atoms with Crippen LogP contribution in [0.3, 0.4) is 0 Å². The zero-order chi connectivity index (χ0) is 25.2. The molecule has 36 heavy (non-hydrogen) atoms. The van der Waals surface area contributed by atoms with Gasteiger partial charge >= 0.3 is 0 Å². The van der Waals surface area contributed by atoms with Crippen LogP contribution in [0.5, 0.6) is 11.5 Å². The highest BCUT2D eigenvalue weighted by Crippen LogP contribution is 2.37. The molecule has 4 aromatic rings. The number of aromatic nitrogens is 4.